The van der Waals surface area contributed by atoms with Crippen LogP contribution >= 0.6 is 11.6 Å². The van der Waals surface area contributed by atoms with Crippen molar-refractivity contribution in [1.82, 2.24) is 9.97 Å². The van der Waals surface area contributed by atoms with Crippen LogP contribution in [0.15, 0.2) is 24.3 Å². The van der Waals surface area contributed by atoms with Gasteiger partial charge >= 0.3 is 0 Å². The van der Waals surface area contributed by atoms with Gasteiger partial charge in [-0.05, 0) is 34.9 Å². The summed E-state index contributed by atoms with van der Waals surface area (Å²) >= 11 is 6.15. The Labute approximate surface area is 130 Å². The standard InChI is InChI=1S/C17H22ClN3/c1-9(2)14-15(21-16(19)20-14)13-12(17(13,3)4)10-6-5-7-11(18)8-10/h5-9,12-13H,1-4H3,(H3,19,20,21)/t12-,13+/m1/s1. The maximum atomic E-state index is 6.15. The summed E-state index contributed by atoms with van der Waals surface area (Å²) in [5.74, 6) is 1.75. The zero-order valence-corrected chi connectivity index (χ0v) is 13.7. The largest absolute Gasteiger partial charge is 0.369 e. The molecule has 0 unspecified atom stereocenters. The van der Waals surface area contributed by atoms with E-state index in [0.29, 0.717) is 23.7 Å². The number of H-pyrrole nitrogens is 1. The van der Waals surface area contributed by atoms with Gasteiger partial charge in [0.15, 0.2) is 5.95 Å². The third-order valence-electron chi connectivity index (χ3n) is 4.67. The zero-order valence-electron chi connectivity index (χ0n) is 12.9. The number of hydrogen-bond donors (Lipinski definition) is 2. The first kappa shape index (κ1) is 14.5. The summed E-state index contributed by atoms with van der Waals surface area (Å²) in [5, 5.41) is 0.794. The first-order valence-electron chi connectivity index (χ1n) is 7.43. The average molecular weight is 304 g/mol. The monoisotopic (exact) mass is 303 g/mol. The van der Waals surface area contributed by atoms with Crippen molar-refractivity contribution in [2.24, 2.45) is 5.41 Å². The summed E-state index contributed by atoms with van der Waals surface area (Å²) in [6.07, 6.45) is 0. The van der Waals surface area contributed by atoms with E-state index in [0.717, 1.165) is 10.7 Å². The van der Waals surface area contributed by atoms with Gasteiger partial charge in [0.25, 0.3) is 0 Å². The molecule has 3 nitrogen and oxygen atoms in total. The van der Waals surface area contributed by atoms with Crippen molar-refractivity contribution in [2.75, 3.05) is 5.73 Å². The second-order valence-corrected chi connectivity index (χ2v) is 7.34. The lowest BCUT2D eigenvalue weighted by molar-refractivity contribution is 0.595. The molecule has 112 valence electrons. The van der Waals surface area contributed by atoms with Crippen molar-refractivity contribution < 1.29 is 0 Å². The van der Waals surface area contributed by atoms with E-state index in [1.54, 1.807) is 0 Å². The van der Waals surface area contributed by atoms with Crippen LogP contribution in [-0.2, 0) is 0 Å². The Balaban J connectivity index is 2.01. The summed E-state index contributed by atoms with van der Waals surface area (Å²) in [6, 6.07) is 8.17. The summed E-state index contributed by atoms with van der Waals surface area (Å²) in [6.45, 7) is 8.90. The lowest BCUT2D eigenvalue weighted by atomic mass is 10.0. The number of benzene rings is 1. The smallest absolute Gasteiger partial charge is 0.197 e. The van der Waals surface area contributed by atoms with E-state index in [9.17, 15) is 0 Å². The second kappa shape index (κ2) is 4.77. The predicted molar refractivity (Wildman–Crippen MR) is 87.8 cm³/mol. The van der Waals surface area contributed by atoms with E-state index in [1.165, 1.54) is 11.3 Å². The highest BCUT2D eigenvalue weighted by Crippen LogP contribution is 2.70. The van der Waals surface area contributed by atoms with Crippen LogP contribution in [-0.4, -0.2) is 9.97 Å². The Kier molecular flexibility index (Phi) is 3.28. The van der Waals surface area contributed by atoms with Crippen LogP contribution < -0.4 is 5.73 Å². The maximum absolute atomic E-state index is 6.15. The van der Waals surface area contributed by atoms with E-state index in [4.69, 9.17) is 17.3 Å². The molecule has 1 heterocycles. The number of imidazole rings is 1. The number of nitrogens with one attached hydrogen (secondary N) is 1. The third-order valence-corrected chi connectivity index (χ3v) is 4.91. The highest BCUT2D eigenvalue weighted by atomic mass is 35.5. The predicted octanol–water partition coefficient (Wildman–Crippen LogP) is 4.68. The Morgan fingerprint density at radius 2 is 2.00 bits per heavy atom. The molecule has 1 fully saturated rings. The normalized spacial score (nSPS) is 23.5. The molecule has 1 aromatic heterocycles. The van der Waals surface area contributed by atoms with E-state index in [2.05, 4.69) is 49.8 Å². The number of hydrogen-bond acceptors (Lipinski definition) is 2. The number of nitrogens with zero attached hydrogens (tertiary/aromatic N) is 1. The van der Waals surface area contributed by atoms with Crippen LogP contribution in [0, 0.1) is 5.41 Å². The first-order chi connectivity index (χ1) is 9.82. The number of rotatable bonds is 3. The molecule has 2 aromatic rings. The van der Waals surface area contributed by atoms with Crippen LogP contribution in [0.5, 0.6) is 0 Å². The van der Waals surface area contributed by atoms with Gasteiger partial charge in [-0.15, -0.1) is 0 Å². The number of nitrogen functional groups attached to an aromatic ring is 1. The Bertz CT molecular complexity index is 672. The minimum absolute atomic E-state index is 0.188. The topological polar surface area (TPSA) is 54.7 Å². The van der Waals surface area contributed by atoms with E-state index >= 15 is 0 Å². The molecule has 1 saturated carbocycles. The van der Waals surface area contributed by atoms with E-state index in [1.807, 2.05) is 12.1 Å². The van der Waals surface area contributed by atoms with Gasteiger partial charge < -0.3 is 10.7 Å². The third kappa shape index (κ3) is 2.34. The van der Waals surface area contributed by atoms with E-state index < -0.39 is 0 Å². The highest BCUT2D eigenvalue weighted by molar-refractivity contribution is 6.30. The Morgan fingerprint density at radius 3 is 2.62 bits per heavy atom. The molecule has 4 heteroatoms. The van der Waals surface area contributed by atoms with Gasteiger partial charge in [-0.3, -0.25) is 0 Å². The molecule has 1 aromatic carbocycles. The molecule has 0 amide bonds. The summed E-state index contributed by atoms with van der Waals surface area (Å²) in [7, 11) is 0. The van der Waals surface area contributed by atoms with Crippen LogP contribution in [0.4, 0.5) is 5.95 Å². The molecule has 0 saturated heterocycles. The molecule has 0 radical (unpaired) electrons. The maximum Gasteiger partial charge on any atom is 0.197 e. The molecule has 0 bridgehead atoms. The molecule has 21 heavy (non-hydrogen) atoms. The van der Waals surface area contributed by atoms with Crippen LogP contribution in [0.3, 0.4) is 0 Å². The first-order valence-corrected chi connectivity index (χ1v) is 7.81. The molecular formula is C17H22ClN3. The molecule has 2 atom stereocenters. The van der Waals surface area contributed by atoms with Gasteiger partial charge in [0.1, 0.15) is 0 Å². The van der Waals surface area contributed by atoms with Crippen LogP contribution in [0.2, 0.25) is 5.02 Å². The number of halogens is 1. The molecule has 3 rings (SSSR count). The minimum atomic E-state index is 0.188. The van der Waals surface area contributed by atoms with Gasteiger partial charge in [-0.1, -0.05) is 51.4 Å². The molecule has 1 aliphatic rings. The van der Waals surface area contributed by atoms with Crippen molar-refractivity contribution in [3.8, 4) is 0 Å². The summed E-state index contributed by atoms with van der Waals surface area (Å²) in [5.41, 5.74) is 9.66. The fourth-order valence-electron chi connectivity index (χ4n) is 3.60. The summed E-state index contributed by atoms with van der Waals surface area (Å²) < 4.78 is 0. The molecule has 0 spiro atoms. The number of anilines is 1. The van der Waals surface area contributed by atoms with E-state index in [-0.39, 0.29) is 5.41 Å². The number of aromatic nitrogens is 2. The summed E-state index contributed by atoms with van der Waals surface area (Å²) in [4.78, 5) is 7.77. The number of nitrogens with two attached hydrogens (primary N) is 1. The molecule has 0 aliphatic heterocycles. The fourth-order valence-corrected chi connectivity index (χ4v) is 3.79. The van der Waals surface area contributed by atoms with Crippen molar-refractivity contribution in [1.29, 1.82) is 0 Å². The Hall–Kier alpha value is -1.48. The lowest BCUT2D eigenvalue weighted by Gasteiger charge is -2.06. The van der Waals surface area contributed by atoms with Crippen molar-refractivity contribution in [3.63, 3.8) is 0 Å². The molecule has 3 N–H and O–H groups in total. The van der Waals surface area contributed by atoms with Gasteiger partial charge in [0.2, 0.25) is 0 Å². The van der Waals surface area contributed by atoms with Crippen LogP contribution in [0.1, 0.15) is 62.4 Å². The minimum Gasteiger partial charge on any atom is -0.369 e. The van der Waals surface area contributed by atoms with Crippen LogP contribution in [0.25, 0.3) is 0 Å². The SMILES string of the molecule is CC(C)c1nc(N)[nH]c1[C@@H]1[C@@H](c2cccc(Cl)c2)C1(C)C. The fraction of sp³-hybridized carbons (Fsp3) is 0.471. The number of aromatic amines is 1. The van der Waals surface area contributed by atoms with Crippen molar-refractivity contribution in [2.45, 2.75) is 45.4 Å². The van der Waals surface area contributed by atoms with Gasteiger partial charge in [0.05, 0.1) is 5.69 Å². The lowest BCUT2D eigenvalue weighted by Crippen LogP contribution is -1.97. The highest BCUT2D eigenvalue weighted by Gasteiger charge is 2.60. The zero-order chi connectivity index (χ0) is 15.4. The van der Waals surface area contributed by atoms with Crippen molar-refractivity contribution >= 4 is 17.5 Å². The quantitative estimate of drug-likeness (QED) is 0.865. The average Bonchev–Trinajstić information content (AvgIpc) is 2.75. The van der Waals surface area contributed by atoms with Crippen molar-refractivity contribution in [3.05, 3.63) is 46.2 Å². The van der Waals surface area contributed by atoms with Gasteiger partial charge in [0, 0.05) is 16.6 Å². The van der Waals surface area contributed by atoms with Gasteiger partial charge in [-0.25, -0.2) is 4.98 Å². The molecular weight excluding hydrogens is 282 g/mol. The molecule has 1 aliphatic carbocycles. The van der Waals surface area contributed by atoms with Gasteiger partial charge in [-0.2, -0.15) is 0 Å². The second-order valence-electron chi connectivity index (χ2n) is 6.91. The Morgan fingerprint density at radius 1 is 1.29 bits per heavy atom.